The number of benzene rings is 2. The van der Waals surface area contributed by atoms with Gasteiger partial charge in [-0.25, -0.2) is 0 Å². The van der Waals surface area contributed by atoms with Crippen molar-refractivity contribution < 1.29 is 9.90 Å². The Kier molecular flexibility index (Phi) is 5.35. The van der Waals surface area contributed by atoms with E-state index in [4.69, 9.17) is 0 Å². The number of fused-ring (bicyclic) bond motifs is 2. The molecule has 0 fully saturated rings. The minimum atomic E-state index is -0.586. The molecule has 142 valence electrons. The normalized spacial score (nSPS) is 22.9. The largest absolute Gasteiger partial charge is 0.390 e. The van der Waals surface area contributed by atoms with Gasteiger partial charge in [0.25, 0.3) is 5.91 Å². The van der Waals surface area contributed by atoms with Crippen molar-refractivity contribution in [2.24, 2.45) is 0 Å². The molecule has 2 heterocycles. The van der Waals surface area contributed by atoms with Gasteiger partial charge in [0.1, 0.15) is 0 Å². The summed E-state index contributed by atoms with van der Waals surface area (Å²) in [4.78, 5) is 14.8. The van der Waals surface area contributed by atoms with E-state index in [9.17, 15) is 9.90 Å². The number of amides is 1. The summed E-state index contributed by atoms with van der Waals surface area (Å²) in [6, 6.07) is 14.2. The van der Waals surface area contributed by atoms with Crippen molar-refractivity contribution in [1.82, 2.24) is 10.2 Å². The van der Waals surface area contributed by atoms with Gasteiger partial charge in [0.2, 0.25) is 0 Å². The van der Waals surface area contributed by atoms with Crippen LogP contribution in [0.5, 0.6) is 0 Å². The van der Waals surface area contributed by atoms with E-state index in [2.05, 4.69) is 46.4 Å². The molecule has 4 rings (SSSR count). The molecule has 2 N–H and O–H groups in total. The lowest BCUT2D eigenvalue weighted by Gasteiger charge is -2.37. The third-order valence-corrected chi connectivity index (χ3v) is 6.38. The average molecular weight is 429 g/mol. The van der Waals surface area contributed by atoms with Gasteiger partial charge in [-0.1, -0.05) is 47.1 Å². The van der Waals surface area contributed by atoms with Crippen LogP contribution in [0.25, 0.3) is 0 Å². The first-order valence-corrected chi connectivity index (χ1v) is 10.4. The summed E-state index contributed by atoms with van der Waals surface area (Å²) in [7, 11) is 0. The van der Waals surface area contributed by atoms with Gasteiger partial charge in [-0.05, 0) is 47.7 Å². The highest BCUT2D eigenvalue weighted by Crippen LogP contribution is 2.33. The van der Waals surface area contributed by atoms with Crippen LogP contribution in [0.15, 0.2) is 46.9 Å². The van der Waals surface area contributed by atoms with Crippen molar-refractivity contribution in [3.8, 4) is 0 Å². The van der Waals surface area contributed by atoms with Crippen LogP contribution in [-0.2, 0) is 13.0 Å². The molecule has 2 aliphatic heterocycles. The third-order valence-electron chi connectivity index (χ3n) is 5.89. The fourth-order valence-corrected chi connectivity index (χ4v) is 4.67. The second-order valence-electron chi connectivity index (χ2n) is 7.57. The van der Waals surface area contributed by atoms with Crippen LogP contribution in [0.2, 0.25) is 0 Å². The van der Waals surface area contributed by atoms with Gasteiger partial charge in [-0.15, -0.1) is 0 Å². The molecule has 0 aromatic heterocycles. The zero-order valence-corrected chi connectivity index (χ0v) is 17.1. The van der Waals surface area contributed by atoms with Crippen LogP contribution in [0.4, 0.5) is 0 Å². The molecular formula is C22H25BrN2O2. The number of nitrogens with one attached hydrogen (secondary N) is 1. The van der Waals surface area contributed by atoms with E-state index in [1.165, 1.54) is 11.1 Å². The summed E-state index contributed by atoms with van der Waals surface area (Å²) >= 11 is 3.51. The molecule has 0 bridgehead atoms. The summed E-state index contributed by atoms with van der Waals surface area (Å²) in [5, 5.41) is 14.3. The number of hydrogen-bond acceptors (Lipinski definition) is 3. The molecule has 0 spiro atoms. The summed E-state index contributed by atoms with van der Waals surface area (Å²) < 4.78 is 1.01. The number of rotatable bonds is 4. The molecule has 2 aromatic carbocycles. The zero-order chi connectivity index (χ0) is 19.0. The van der Waals surface area contributed by atoms with E-state index in [1.54, 1.807) is 0 Å². The second-order valence-corrected chi connectivity index (χ2v) is 8.49. The Bertz CT molecular complexity index is 854. The number of β-amino-alcohol motifs (C(OH)–C–C–N with tert-alkyl or cyclic N) is 1. The lowest BCUT2D eigenvalue weighted by Crippen LogP contribution is -2.52. The Labute approximate surface area is 168 Å². The molecule has 2 aliphatic rings. The van der Waals surface area contributed by atoms with Crippen molar-refractivity contribution in [2.75, 3.05) is 13.1 Å². The minimum Gasteiger partial charge on any atom is -0.390 e. The maximum atomic E-state index is 13.0. The Hall–Kier alpha value is -1.69. The first-order valence-electron chi connectivity index (χ1n) is 9.63. The topological polar surface area (TPSA) is 52.6 Å². The highest BCUT2D eigenvalue weighted by atomic mass is 79.9. The number of aliphatic hydroxyl groups is 1. The van der Waals surface area contributed by atoms with Crippen molar-refractivity contribution >= 4 is 21.8 Å². The van der Waals surface area contributed by atoms with Gasteiger partial charge in [0.05, 0.1) is 6.10 Å². The van der Waals surface area contributed by atoms with Gasteiger partial charge in [-0.2, -0.15) is 0 Å². The Morgan fingerprint density at radius 3 is 2.81 bits per heavy atom. The molecule has 0 radical (unpaired) electrons. The summed E-state index contributed by atoms with van der Waals surface area (Å²) in [5.74, 6) is 0.333. The van der Waals surface area contributed by atoms with Crippen molar-refractivity contribution in [3.63, 3.8) is 0 Å². The predicted octanol–water partition coefficient (Wildman–Crippen LogP) is 3.47. The summed E-state index contributed by atoms with van der Waals surface area (Å²) in [6.45, 7) is 3.95. The number of carbonyl (C=O) groups excluding carboxylic acids is 1. The van der Waals surface area contributed by atoms with Gasteiger partial charge in [-0.3, -0.25) is 4.79 Å². The van der Waals surface area contributed by atoms with Gasteiger partial charge in [0.15, 0.2) is 0 Å². The fraction of sp³-hybridized carbons (Fsp3) is 0.409. The average Bonchev–Trinajstić information content (AvgIpc) is 2.69. The molecule has 2 aromatic rings. The molecule has 0 aliphatic carbocycles. The fourth-order valence-electron chi connectivity index (χ4n) is 4.29. The van der Waals surface area contributed by atoms with E-state index in [0.717, 1.165) is 35.0 Å². The highest BCUT2D eigenvalue weighted by Gasteiger charge is 2.33. The molecule has 0 saturated carbocycles. The molecule has 5 heteroatoms. The predicted molar refractivity (Wildman–Crippen MR) is 110 cm³/mol. The molecule has 0 saturated heterocycles. The smallest absolute Gasteiger partial charge is 0.254 e. The Morgan fingerprint density at radius 2 is 2.04 bits per heavy atom. The SMILES string of the molecule is CCC1CN(CC(O)[C@@H]2Cc3ccccc3CN2)C(=O)c2ccc(Br)cc21. The van der Waals surface area contributed by atoms with E-state index in [0.29, 0.717) is 19.0 Å². The Morgan fingerprint density at radius 1 is 1.26 bits per heavy atom. The van der Waals surface area contributed by atoms with Crippen molar-refractivity contribution in [3.05, 3.63) is 69.2 Å². The molecular weight excluding hydrogens is 404 g/mol. The standard InChI is InChI=1S/C22H25BrN2O2/c1-2-14-12-25(22(27)18-8-7-17(23)10-19(14)18)13-21(26)20-9-15-5-3-4-6-16(15)11-24-20/h3-8,10,14,20-21,24,26H,2,9,11-13H2,1H3/t14?,20-,21?/m0/s1. The maximum Gasteiger partial charge on any atom is 0.254 e. The highest BCUT2D eigenvalue weighted by molar-refractivity contribution is 9.10. The first kappa shape index (κ1) is 18.7. The molecule has 4 nitrogen and oxygen atoms in total. The Balaban J connectivity index is 1.49. The summed E-state index contributed by atoms with van der Waals surface area (Å²) in [5.41, 5.74) is 4.46. The van der Waals surface area contributed by atoms with Crippen LogP contribution >= 0.6 is 15.9 Å². The van der Waals surface area contributed by atoms with E-state index in [1.807, 2.05) is 29.2 Å². The monoisotopic (exact) mass is 428 g/mol. The molecule has 3 atom stereocenters. The van der Waals surface area contributed by atoms with Gasteiger partial charge >= 0.3 is 0 Å². The van der Waals surface area contributed by atoms with Crippen LogP contribution in [-0.4, -0.2) is 41.1 Å². The molecule has 1 amide bonds. The molecule has 2 unspecified atom stereocenters. The van der Waals surface area contributed by atoms with Crippen LogP contribution in [0.1, 0.15) is 46.3 Å². The summed E-state index contributed by atoms with van der Waals surface area (Å²) in [6.07, 6.45) is 1.18. The quantitative estimate of drug-likeness (QED) is 0.783. The number of aliphatic hydroxyl groups excluding tert-OH is 1. The van der Waals surface area contributed by atoms with Gasteiger partial charge < -0.3 is 15.3 Å². The number of nitrogens with zero attached hydrogens (tertiary/aromatic N) is 1. The van der Waals surface area contributed by atoms with Crippen LogP contribution in [0.3, 0.4) is 0 Å². The molecule has 27 heavy (non-hydrogen) atoms. The van der Waals surface area contributed by atoms with Crippen molar-refractivity contribution in [1.29, 1.82) is 0 Å². The van der Waals surface area contributed by atoms with Crippen LogP contribution in [0, 0.1) is 0 Å². The van der Waals surface area contributed by atoms with E-state index >= 15 is 0 Å². The number of hydrogen-bond donors (Lipinski definition) is 2. The number of halogens is 1. The first-order chi connectivity index (χ1) is 13.1. The third kappa shape index (κ3) is 3.68. The maximum absolute atomic E-state index is 13.0. The number of carbonyl (C=O) groups is 1. The van der Waals surface area contributed by atoms with Crippen molar-refractivity contribution in [2.45, 2.75) is 44.4 Å². The lowest BCUT2D eigenvalue weighted by molar-refractivity contribution is 0.0484. The lowest BCUT2D eigenvalue weighted by atomic mass is 9.87. The second kappa shape index (κ2) is 7.74. The zero-order valence-electron chi connectivity index (χ0n) is 15.5. The van der Waals surface area contributed by atoms with E-state index < -0.39 is 6.10 Å². The van der Waals surface area contributed by atoms with E-state index in [-0.39, 0.29) is 11.9 Å². The van der Waals surface area contributed by atoms with Crippen LogP contribution < -0.4 is 5.32 Å². The van der Waals surface area contributed by atoms with Gasteiger partial charge in [0, 0.05) is 41.6 Å². The minimum absolute atomic E-state index is 0.0254.